The number of halogens is 2. The molecule has 9 heteroatoms. The van der Waals surface area contributed by atoms with Crippen LogP contribution in [0.5, 0.6) is 0 Å². The first-order chi connectivity index (χ1) is 9.90. The molecule has 0 fully saturated rings. The van der Waals surface area contributed by atoms with E-state index in [-0.39, 0.29) is 15.6 Å². The van der Waals surface area contributed by atoms with Crippen molar-refractivity contribution in [2.24, 2.45) is 0 Å². The van der Waals surface area contributed by atoms with Crippen molar-refractivity contribution in [1.82, 2.24) is 15.1 Å². The van der Waals surface area contributed by atoms with Crippen molar-refractivity contribution in [3.05, 3.63) is 55.8 Å². The van der Waals surface area contributed by atoms with Crippen LogP contribution in [0, 0.1) is 10.1 Å². The maximum atomic E-state index is 12.3. The van der Waals surface area contributed by atoms with Crippen molar-refractivity contribution >= 4 is 34.8 Å². The Kier molecular flexibility index (Phi) is 4.44. The van der Waals surface area contributed by atoms with Gasteiger partial charge >= 0.3 is 0 Å². The molecule has 1 amide bonds. The van der Waals surface area contributed by atoms with E-state index in [0.717, 1.165) is 11.6 Å². The summed E-state index contributed by atoms with van der Waals surface area (Å²) in [6.07, 6.45) is 3.24. The molecule has 21 heavy (non-hydrogen) atoms. The largest absolute Gasteiger partial charge is 0.337 e. The van der Waals surface area contributed by atoms with Gasteiger partial charge in [0, 0.05) is 37.0 Å². The summed E-state index contributed by atoms with van der Waals surface area (Å²) in [4.78, 5) is 23.9. The highest BCUT2D eigenvalue weighted by atomic mass is 35.5. The minimum Gasteiger partial charge on any atom is -0.337 e. The minimum atomic E-state index is -0.679. The fourth-order valence-corrected chi connectivity index (χ4v) is 2.15. The third-order valence-electron chi connectivity index (χ3n) is 2.77. The highest BCUT2D eigenvalue weighted by molar-refractivity contribution is 6.43. The minimum absolute atomic E-state index is 0.0362. The number of H-pyrrole nitrogens is 1. The molecule has 0 radical (unpaired) electrons. The molecule has 1 aromatic heterocycles. The molecule has 0 aliphatic rings. The number of rotatable bonds is 4. The van der Waals surface area contributed by atoms with Gasteiger partial charge in [0.15, 0.2) is 0 Å². The number of carbonyl (C=O) groups is 1. The Morgan fingerprint density at radius 1 is 1.48 bits per heavy atom. The van der Waals surface area contributed by atoms with E-state index in [1.165, 1.54) is 11.0 Å². The number of amides is 1. The Bertz CT molecular complexity index is 688. The van der Waals surface area contributed by atoms with Gasteiger partial charge in [0.25, 0.3) is 11.6 Å². The zero-order valence-electron chi connectivity index (χ0n) is 10.8. The van der Waals surface area contributed by atoms with Gasteiger partial charge in [-0.3, -0.25) is 20.0 Å². The fraction of sp³-hybridized carbons (Fsp3) is 0.167. The molecule has 0 aliphatic heterocycles. The van der Waals surface area contributed by atoms with E-state index >= 15 is 0 Å². The summed E-state index contributed by atoms with van der Waals surface area (Å²) in [7, 11) is 1.57. The third-order valence-corrected chi connectivity index (χ3v) is 3.57. The lowest BCUT2D eigenvalue weighted by Crippen LogP contribution is -2.26. The number of nitro groups is 1. The quantitative estimate of drug-likeness (QED) is 0.689. The summed E-state index contributed by atoms with van der Waals surface area (Å²) in [6, 6.07) is 2.42. The second-order valence-electron chi connectivity index (χ2n) is 4.32. The van der Waals surface area contributed by atoms with Crippen LogP contribution in [0.3, 0.4) is 0 Å². The molecule has 1 heterocycles. The van der Waals surface area contributed by atoms with E-state index in [9.17, 15) is 14.9 Å². The Hall–Kier alpha value is -2.12. The fourth-order valence-electron chi connectivity index (χ4n) is 1.76. The van der Waals surface area contributed by atoms with Crippen molar-refractivity contribution in [3.8, 4) is 0 Å². The Morgan fingerprint density at radius 2 is 2.19 bits per heavy atom. The lowest BCUT2D eigenvalue weighted by Gasteiger charge is -2.16. The molecule has 2 rings (SSSR count). The predicted molar refractivity (Wildman–Crippen MR) is 77.5 cm³/mol. The highest BCUT2D eigenvalue weighted by Crippen LogP contribution is 2.33. The lowest BCUT2D eigenvalue weighted by atomic mass is 10.1. The number of hydrogen-bond acceptors (Lipinski definition) is 4. The Morgan fingerprint density at radius 3 is 2.76 bits per heavy atom. The summed E-state index contributed by atoms with van der Waals surface area (Å²) in [5.74, 6) is -0.405. The summed E-state index contributed by atoms with van der Waals surface area (Å²) >= 11 is 11.6. The maximum Gasteiger partial charge on any atom is 0.290 e. The van der Waals surface area contributed by atoms with E-state index in [1.807, 2.05) is 0 Å². The van der Waals surface area contributed by atoms with Crippen molar-refractivity contribution < 1.29 is 9.72 Å². The van der Waals surface area contributed by atoms with Crippen molar-refractivity contribution in [1.29, 1.82) is 0 Å². The molecule has 0 atom stereocenters. The van der Waals surface area contributed by atoms with Crippen molar-refractivity contribution in [3.63, 3.8) is 0 Å². The van der Waals surface area contributed by atoms with Crippen LogP contribution in [0.4, 0.5) is 5.69 Å². The van der Waals surface area contributed by atoms with E-state index in [1.54, 1.807) is 19.4 Å². The van der Waals surface area contributed by atoms with Gasteiger partial charge in [0.1, 0.15) is 5.02 Å². The average molecular weight is 329 g/mol. The molecule has 110 valence electrons. The lowest BCUT2D eigenvalue weighted by molar-refractivity contribution is -0.384. The zero-order chi connectivity index (χ0) is 15.6. The summed E-state index contributed by atoms with van der Waals surface area (Å²) in [5, 5.41) is 17.1. The smallest absolute Gasteiger partial charge is 0.290 e. The highest BCUT2D eigenvalue weighted by Gasteiger charge is 2.22. The van der Waals surface area contributed by atoms with Gasteiger partial charge in [-0.1, -0.05) is 23.2 Å². The Labute approximate surface area is 129 Å². The van der Waals surface area contributed by atoms with Crippen LogP contribution in [0.15, 0.2) is 24.5 Å². The molecule has 1 aromatic carbocycles. The molecule has 0 bridgehead atoms. The van der Waals surface area contributed by atoms with Gasteiger partial charge < -0.3 is 4.90 Å². The molecule has 0 spiro atoms. The van der Waals surface area contributed by atoms with Gasteiger partial charge in [0.2, 0.25) is 0 Å². The van der Waals surface area contributed by atoms with E-state index in [4.69, 9.17) is 23.2 Å². The standard InChI is InChI=1S/C12H10Cl2N4O3/c1-17(6-7-4-15-16-5-7)12(19)8-2-9(13)11(14)10(3-8)18(20)21/h2-5H,6H2,1H3,(H,15,16). The van der Waals surface area contributed by atoms with Gasteiger partial charge in [-0.25, -0.2) is 0 Å². The van der Waals surface area contributed by atoms with Crippen LogP contribution in [0.1, 0.15) is 15.9 Å². The number of carbonyl (C=O) groups excluding carboxylic acids is 1. The van der Waals surface area contributed by atoms with Crippen LogP contribution >= 0.6 is 23.2 Å². The SMILES string of the molecule is CN(Cc1cn[nH]c1)C(=O)c1cc(Cl)c(Cl)c([N+](=O)[O-])c1. The number of aromatic amines is 1. The molecule has 2 aromatic rings. The van der Waals surface area contributed by atoms with Crippen LogP contribution in [0.2, 0.25) is 10.0 Å². The van der Waals surface area contributed by atoms with Crippen molar-refractivity contribution in [2.45, 2.75) is 6.54 Å². The van der Waals surface area contributed by atoms with Crippen LogP contribution < -0.4 is 0 Å². The number of nitrogens with zero attached hydrogens (tertiary/aromatic N) is 3. The molecular formula is C12H10Cl2N4O3. The summed E-state index contributed by atoms with van der Waals surface area (Å²) in [5.41, 5.74) is 0.506. The first-order valence-electron chi connectivity index (χ1n) is 5.76. The topological polar surface area (TPSA) is 92.1 Å². The second kappa shape index (κ2) is 6.11. The average Bonchev–Trinajstić information content (AvgIpc) is 2.93. The molecule has 0 unspecified atom stereocenters. The molecule has 0 aliphatic carbocycles. The van der Waals surface area contributed by atoms with Crippen LogP contribution in [0.25, 0.3) is 0 Å². The molecular weight excluding hydrogens is 319 g/mol. The third kappa shape index (κ3) is 3.32. The van der Waals surface area contributed by atoms with Gasteiger partial charge in [-0.15, -0.1) is 0 Å². The van der Waals surface area contributed by atoms with E-state index in [2.05, 4.69) is 10.2 Å². The first-order valence-corrected chi connectivity index (χ1v) is 6.52. The first kappa shape index (κ1) is 15.3. The normalized spacial score (nSPS) is 10.4. The van der Waals surface area contributed by atoms with Crippen molar-refractivity contribution in [2.75, 3.05) is 7.05 Å². The second-order valence-corrected chi connectivity index (χ2v) is 5.10. The maximum absolute atomic E-state index is 12.3. The Balaban J connectivity index is 2.28. The number of aromatic nitrogens is 2. The number of nitrogens with one attached hydrogen (secondary N) is 1. The van der Waals surface area contributed by atoms with E-state index in [0.29, 0.717) is 6.54 Å². The number of nitro benzene ring substituents is 1. The molecule has 0 saturated carbocycles. The molecule has 0 saturated heterocycles. The zero-order valence-corrected chi connectivity index (χ0v) is 12.4. The van der Waals surface area contributed by atoms with Crippen LogP contribution in [-0.4, -0.2) is 33.0 Å². The summed E-state index contributed by atoms with van der Waals surface area (Å²) in [6.45, 7) is 0.309. The number of benzene rings is 1. The van der Waals surface area contributed by atoms with Gasteiger partial charge in [0.05, 0.1) is 16.1 Å². The van der Waals surface area contributed by atoms with Gasteiger partial charge in [-0.05, 0) is 6.07 Å². The molecule has 7 nitrogen and oxygen atoms in total. The van der Waals surface area contributed by atoms with E-state index < -0.39 is 16.5 Å². The van der Waals surface area contributed by atoms with Gasteiger partial charge in [-0.2, -0.15) is 5.10 Å². The summed E-state index contributed by atoms with van der Waals surface area (Å²) < 4.78 is 0. The van der Waals surface area contributed by atoms with Crippen LogP contribution in [-0.2, 0) is 6.54 Å². The number of hydrogen-bond donors (Lipinski definition) is 1. The predicted octanol–water partition coefficient (Wildman–Crippen LogP) is 2.90. The monoisotopic (exact) mass is 328 g/mol. The molecule has 1 N–H and O–H groups in total.